The van der Waals surface area contributed by atoms with Crippen LogP contribution in [0.25, 0.3) is 0 Å². The second-order valence-corrected chi connectivity index (χ2v) is 5.19. The lowest BCUT2D eigenvalue weighted by Gasteiger charge is -2.39. The normalized spacial score (nSPS) is 31.8. The van der Waals surface area contributed by atoms with E-state index in [0.717, 1.165) is 25.9 Å². The highest BCUT2D eigenvalue weighted by Crippen LogP contribution is 2.19. The van der Waals surface area contributed by atoms with Crippen LogP contribution in [-0.2, 0) is 0 Å². The lowest BCUT2D eigenvalue weighted by Crippen LogP contribution is -2.60. The molecule has 1 aliphatic carbocycles. The number of carbonyl (C=O) groups excluding carboxylic acids is 1. The van der Waals surface area contributed by atoms with Gasteiger partial charge in [-0.25, -0.2) is 4.79 Å². The molecule has 0 spiro atoms. The number of nitrogens with one attached hydrogen (secondary N) is 2. The Bertz CT molecular complexity index is 241. The van der Waals surface area contributed by atoms with E-state index in [0.29, 0.717) is 18.1 Å². The Morgan fingerprint density at radius 1 is 1.19 bits per heavy atom. The molecule has 0 radical (unpaired) electrons. The van der Waals surface area contributed by atoms with Gasteiger partial charge < -0.3 is 15.5 Å². The number of urea groups is 1. The van der Waals surface area contributed by atoms with Gasteiger partial charge in [-0.3, -0.25) is 0 Å². The Kier molecular flexibility index (Phi) is 3.69. The maximum atomic E-state index is 12.2. The van der Waals surface area contributed by atoms with Gasteiger partial charge in [-0.2, -0.15) is 0 Å². The first kappa shape index (κ1) is 11.7. The summed E-state index contributed by atoms with van der Waals surface area (Å²) in [5.74, 6) is 0. The molecule has 2 amide bonds. The molecule has 2 aliphatic rings. The quantitative estimate of drug-likeness (QED) is 0.707. The third-order valence-electron chi connectivity index (χ3n) is 3.75. The Hall–Kier alpha value is -0.770. The minimum absolute atomic E-state index is 0.133. The van der Waals surface area contributed by atoms with Crippen molar-refractivity contribution in [3.8, 4) is 0 Å². The van der Waals surface area contributed by atoms with E-state index in [9.17, 15) is 4.79 Å². The summed E-state index contributed by atoms with van der Waals surface area (Å²) < 4.78 is 0. The molecule has 1 heterocycles. The van der Waals surface area contributed by atoms with E-state index in [1.165, 1.54) is 12.8 Å². The molecule has 2 rings (SSSR count). The first-order valence-corrected chi connectivity index (χ1v) is 6.48. The van der Waals surface area contributed by atoms with Crippen LogP contribution >= 0.6 is 0 Å². The number of rotatable bonds is 1. The summed E-state index contributed by atoms with van der Waals surface area (Å²) in [4.78, 5) is 14.2. The molecule has 1 saturated carbocycles. The fourth-order valence-corrected chi connectivity index (χ4v) is 2.85. The van der Waals surface area contributed by atoms with Crippen molar-refractivity contribution in [2.24, 2.45) is 0 Å². The van der Waals surface area contributed by atoms with E-state index in [1.807, 2.05) is 4.90 Å². The number of hydrogen-bond acceptors (Lipinski definition) is 2. The van der Waals surface area contributed by atoms with Gasteiger partial charge in [0.2, 0.25) is 0 Å². The van der Waals surface area contributed by atoms with Crippen LogP contribution in [0.3, 0.4) is 0 Å². The third-order valence-corrected chi connectivity index (χ3v) is 3.75. The predicted octanol–water partition coefficient (Wildman–Crippen LogP) is 1.32. The predicted molar refractivity (Wildman–Crippen MR) is 64.4 cm³/mol. The second kappa shape index (κ2) is 5.04. The molecule has 16 heavy (non-hydrogen) atoms. The molecule has 0 aromatic rings. The van der Waals surface area contributed by atoms with E-state index in [4.69, 9.17) is 0 Å². The zero-order valence-corrected chi connectivity index (χ0v) is 10.3. The SMILES string of the molecule is CC1CNCC(C)N1C(=O)NC1CCCC1. The minimum Gasteiger partial charge on any atom is -0.335 e. The molecule has 2 N–H and O–H groups in total. The molecule has 1 saturated heterocycles. The monoisotopic (exact) mass is 225 g/mol. The summed E-state index contributed by atoms with van der Waals surface area (Å²) in [6, 6.07) is 1.14. The molecule has 92 valence electrons. The highest BCUT2D eigenvalue weighted by atomic mass is 16.2. The van der Waals surface area contributed by atoms with Gasteiger partial charge >= 0.3 is 6.03 Å². The molecule has 2 fully saturated rings. The first-order valence-electron chi connectivity index (χ1n) is 6.48. The Morgan fingerprint density at radius 3 is 2.31 bits per heavy atom. The standard InChI is InChI=1S/C12H23N3O/c1-9-7-13-8-10(2)15(9)12(16)14-11-5-3-4-6-11/h9-11,13H,3-8H2,1-2H3,(H,14,16). The molecule has 2 unspecified atom stereocenters. The number of carbonyl (C=O) groups is 1. The Balaban J connectivity index is 1.90. The average Bonchev–Trinajstić information content (AvgIpc) is 2.70. The third kappa shape index (κ3) is 2.48. The van der Waals surface area contributed by atoms with Crippen LogP contribution in [0, 0.1) is 0 Å². The van der Waals surface area contributed by atoms with Crippen LogP contribution < -0.4 is 10.6 Å². The molecule has 4 heteroatoms. The summed E-state index contributed by atoms with van der Waals surface area (Å²) >= 11 is 0. The topological polar surface area (TPSA) is 44.4 Å². The van der Waals surface area contributed by atoms with E-state index in [2.05, 4.69) is 24.5 Å². The van der Waals surface area contributed by atoms with Crippen LogP contribution in [0.5, 0.6) is 0 Å². The van der Waals surface area contributed by atoms with Gasteiger partial charge in [0.15, 0.2) is 0 Å². The fourth-order valence-electron chi connectivity index (χ4n) is 2.85. The number of nitrogens with zero attached hydrogens (tertiary/aromatic N) is 1. The lowest BCUT2D eigenvalue weighted by molar-refractivity contribution is 0.129. The molecular formula is C12H23N3O. The Morgan fingerprint density at radius 2 is 1.75 bits per heavy atom. The fraction of sp³-hybridized carbons (Fsp3) is 0.917. The zero-order valence-electron chi connectivity index (χ0n) is 10.3. The molecule has 0 aromatic carbocycles. The van der Waals surface area contributed by atoms with Gasteiger partial charge in [0, 0.05) is 31.2 Å². The summed E-state index contributed by atoms with van der Waals surface area (Å²) in [5, 5.41) is 6.51. The highest BCUT2D eigenvalue weighted by molar-refractivity contribution is 5.75. The van der Waals surface area contributed by atoms with Gasteiger partial charge in [0.25, 0.3) is 0 Å². The van der Waals surface area contributed by atoms with Gasteiger partial charge in [-0.1, -0.05) is 12.8 Å². The molecule has 4 nitrogen and oxygen atoms in total. The zero-order chi connectivity index (χ0) is 11.5. The summed E-state index contributed by atoms with van der Waals surface area (Å²) in [5.41, 5.74) is 0. The van der Waals surface area contributed by atoms with Gasteiger partial charge in [0.05, 0.1) is 0 Å². The lowest BCUT2D eigenvalue weighted by atomic mass is 10.1. The summed E-state index contributed by atoms with van der Waals surface area (Å²) in [6.45, 7) is 6.03. The number of hydrogen-bond donors (Lipinski definition) is 2. The van der Waals surface area contributed by atoms with Crippen molar-refractivity contribution in [1.29, 1.82) is 0 Å². The van der Waals surface area contributed by atoms with Crippen LogP contribution in [-0.4, -0.2) is 42.1 Å². The maximum Gasteiger partial charge on any atom is 0.318 e. The molecular weight excluding hydrogens is 202 g/mol. The van der Waals surface area contributed by atoms with Crippen LogP contribution in [0.15, 0.2) is 0 Å². The molecule has 0 bridgehead atoms. The first-order chi connectivity index (χ1) is 7.68. The minimum atomic E-state index is 0.133. The Labute approximate surface area is 97.8 Å². The van der Waals surface area contributed by atoms with Crippen molar-refractivity contribution in [3.05, 3.63) is 0 Å². The smallest absolute Gasteiger partial charge is 0.318 e. The van der Waals surface area contributed by atoms with Gasteiger partial charge in [-0.15, -0.1) is 0 Å². The van der Waals surface area contributed by atoms with E-state index in [1.54, 1.807) is 0 Å². The van der Waals surface area contributed by atoms with Crippen LogP contribution in [0.4, 0.5) is 4.79 Å². The van der Waals surface area contributed by atoms with E-state index < -0.39 is 0 Å². The maximum absolute atomic E-state index is 12.2. The average molecular weight is 225 g/mol. The van der Waals surface area contributed by atoms with Crippen molar-refractivity contribution in [2.45, 2.75) is 57.7 Å². The van der Waals surface area contributed by atoms with Crippen molar-refractivity contribution in [2.75, 3.05) is 13.1 Å². The van der Waals surface area contributed by atoms with Crippen LogP contribution in [0.2, 0.25) is 0 Å². The van der Waals surface area contributed by atoms with E-state index >= 15 is 0 Å². The molecule has 0 aromatic heterocycles. The highest BCUT2D eigenvalue weighted by Gasteiger charge is 2.30. The number of piperazine rings is 1. The van der Waals surface area contributed by atoms with Gasteiger partial charge in [0.1, 0.15) is 0 Å². The summed E-state index contributed by atoms with van der Waals surface area (Å²) in [6.07, 6.45) is 4.83. The second-order valence-electron chi connectivity index (χ2n) is 5.19. The van der Waals surface area contributed by atoms with Crippen molar-refractivity contribution in [3.63, 3.8) is 0 Å². The summed E-state index contributed by atoms with van der Waals surface area (Å²) in [7, 11) is 0. The van der Waals surface area contributed by atoms with Crippen LogP contribution in [0.1, 0.15) is 39.5 Å². The van der Waals surface area contributed by atoms with E-state index in [-0.39, 0.29) is 6.03 Å². The largest absolute Gasteiger partial charge is 0.335 e. The van der Waals surface area contributed by atoms with Gasteiger partial charge in [-0.05, 0) is 26.7 Å². The van der Waals surface area contributed by atoms with Crippen molar-refractivity contribution in [1.82, 2.24) is 15.5 Å². The van der Waals surface area contributed by atoms with Crippen molar-refractivity contribution < 1.29 is 4.79 Å². The number of amides is 2. The molecule has 1 aliphatic heterocycles. The van der Waals surface area contributed by atoms with Crippen molar-refractivity contribution >= 4 is 6.03 Å². The molecule has 2 atom stereocenters.